The third-order valence-electron chi connectivity index (χ3n) is 4.21. The zero-order chi connectivity index (χ0) is 19.2. The van der Waals surface area contributed by atoms with Crippen molar-refractivity contribution in [2.75, 3.05) is 12.3 Å². The minimum absolute atomic E-state index is 0.00514. The van der Waals surface area contributed by atoms with Crippen molar-refractivity contribution in [2.24, 2.45) is 0 Å². The van der Waals surface area contributed by atoms with Crippen LogP contribution in [0.25, 0.3) is 5.69 Å². The molecule has 0 N–H and O–H groups in total. The SMILES string of the molecule is CCN(Cc1cccc(F)c1)C(=O)CSc1nccn1-c1cccc(C)c1. The van der Waals surface area contributed by atoms with Crippen molar-refractivity contribution in [3.8, 4) is 5.69 Å². The van der Waals surface area contributed by atoms with E-state index in [9.17, 15) is 9.18 Å². The van der Waals surface area contributed by atoms with Crippen molar-refractivity contribution in [2.45, 2.75) is 25.5 Å². The van der Waals surface area contributed by atoms with Crippen LogP contribution in [0.15, 0.2) is 66.1 Å². The Morgan fingerprint density at radius 1 is 1.22 bits per heavy atom. The molecule has 0 saturated heterocycles. The normalized spacial score (nSPS) is 10.8. The second-order valence-electron chi connectivity index (χ2n) is 6.25. The van der Waals surface area contributed by atoms with Gasteiger partial charge in [0.15, 0.2) is 5.16 Å². The fourth-order valence-electron chi connectivity index (χ4n) is 2.82. The number of benzene rings is 2. The van der Waals surface area contributed by atoms with Crippen LogP contribution in [0.4, 0.5) is 4.39 Å². The van der Waals surface area contributed by atoms with Crippen LogP contribution in [0.5, 0.6) is 0 Å². The van der Waals surface area contributed by atoms with E-state index in [0.29, 0.717) is 13.1 Å². The number of hydrogen-bond donors (Lipinski definition) is 0. The summed E-state index contributed by atoms with van der Waals surface area (Å²) in [6.07, 6.45) is 3.63. The van der Waals surface area contributed by atoms with Gasteiger partial charge in [0.2, 0.25) is 5.91 Å². The summed E-state index contributed by atoms with van der Waals surface area (Å²) in [6.45, 7) is 4.94. The van der Waals surface area contributed by atoms with Crippen LogP contribution in [0, 0.1) is 12.7 Å². The van der Waals surface area contributed by atoms with Gasteiger partial charge in [-0.15, -0.1) is 0 Å². The quantitative estimate of drug-likeness (QED) is 0.566. The van der Waals surface area contributed by atoms with Gasteiger partial charge in [0.1, 0.15) is 5.82 Å². The Morgan fingerprint density at radius 3 is 2.78 bits per heavy atom. The highest BCUT2D eigenvalue weighted by Crippen LogP contribution is 2.21. The summed E-state index contributed by atoms with van der Waals surface area (Å²) in [4.78, 5) is 18.7. The number of thioether (sulfide) groups is 1. The lowest BCUT2D eigenvalue weighted by atomic mass is 10.2. The highest BCUT2D eigenvalue weighted by atomic mass is 32.2. The van der Waals surface area contributed by atoms with E-state index in [0.717, 1.165) is 16.4 Å². The van der Waals surface area contributed by atoms with Crippen molar-refractivity contribution in [1.82, 2.24) is 14.5 Å². The highest BCUT2D eigenvalue weighted by molar-refractivity contribution is 7.99. The predicted molar refractivity (Wildman–Crippen MR) is 107 cm³/mol. The summed E-state index contributed by atoms with van der Waals surface area (Å²) in [5.41, 5.74) is 2.98. The van der Waals surface area contributed by atoms with Crippen LogP contribution in [-0.2, 0) is 11.3 Å². The maximum Gasteiger partial charge on any atom is 0.233 e. The Bertz CT molecular complexity index is 925. The molecule has 0 aliphatic carbocycles. The van der Waals surface area contributed by atoms with Gasteiger partial charge in [-0.1, -0.05) is 36.0 Å². The fraction of sp³-hybridized carbons (Fsp3) is 0.238. The first-order chi connectivity index (χ1) is 13.1. The van der Waals surface area contributed by atoms with E-state index in [1.807, 2.05) is 48.9 Å². The van der Waals surface area contributed by atoms with Gasteiger partial charge >= 0.3 is 0 Å². The molecular weight excluding hydrogens is 361 g/mol. The third kappa shape index (κ3) is 4.98. The summed E-state index contributed by atoms with van der Waals surface area (Å²) in [5.74, 6) is 0.00234. The Morgan fingerprint density at radius 2 is 2.04 bits per heavy atom. The molecule has 0 aliphatic heterocycles. The molecule has 0 unspecified atom stereocenters. The number of hydrogen-bond acceptors (Lipinski definition) is 3. The molecule has 1 heterocycles. The van der Waals surface area contributed by atoms with Crippen LogP contribution < -0.4 is 0 Å². The molecule has 3 rings (SSSR count). The number of amides is 1. The number of nitrogens with zero attached hydrogens (tertiary/aromatic N) is 3. The molecule has 1 amide bonds. The Hall–Kier alpha value is -2.60. The predicted octanol–water partition coefficient (Wildman–Crippen LogP) is 4.46. The molecule has 0 aliphatic rings. The van der Waals surface area contributed by atoms with Gasteiger partial charge in [0, 0.05) is 31.2 Å². The Balaban J connectivity index is 1.66. The first kappa shape index (κ1) is 19.2. The van der Waals surface area contributed by atoms with E-state index in [1.54, 1.807) is 17.2 Å². The van der Waals surface area contributed by atoms with Gasteiger partial charge in [-0.05, 0) is 49.2 Å². The third-order valence-corrected chi connectivity index (χ3v) is 5.16. The van der Waals surface area contributed by atoms with E-state index in [-0.39, 0.29) is 17.5 Å². The molecule has 4 nitrogen and oxygen atoms in total. The van der Waals surface area contributed by atoms with Crippen LogP contribution in [0.1, 0.15) is 18.1 Å². The zero-order valence-electron chi connectivity index (χ0n) is 15.4. The highest BCUT2D eigenvalue weighted by Gasteiger charge is 2.15. The van der Waals surface area contributed by atoms with E-state index in [2.05, 4.69) is 11.1 Å². The number of aromatic nitrogens is 2. The summed E-state index contributed by atoms with van der Waals surface area (Å²) >= 11 is 1.41. The molecule has 0 spiro atoms. The molecule has 3 aromatic rings. The Kier molecular flexibility index (Phi) is 6.29. The number of aryl methyl sites for hydroxylation is 1. The van der Waals surface area contributed by atoms with Crippen LogP contribution in [-0.4, -0.2) is 32.7 Å². The van der Waals surface area contributed by atoms with Gasteiger partial charge in [0.05, 0.1) is 5.75 Å². The average Bonchev–Trinajstić information content (AvgIpc) is 3.13. The lowest BCUT2D eigenvalue weighted by Gasteiger charge is -2.21. The molecule has 2 aromatic carbocycles. The fourth-order valence-corrected chi connectivity index (χ4v) is 3.70. The number of halogens is 1. The van der Waals surface area contributed by atoms with Crippen molar-refractivity contribution in [3.63, 3.8) is 0 Å². The molecule has 140 valence electrons. The number of carbonyl (C=O) groups is 1. The van der Waals surface area contributed by atoms with Gasteiger partial charge < -0.3 is 4.90 Å². The van der Waals surface area contributed by atoms with Gasteiger partial charge in [-0.3, -0.25) is 9.36 Å². The molecule has 1 aromatic heterocycles. The maximum absolute atomic E-state index is 13.4. The average molecular weight is 383 g/mol. The molecule has 0 fully saturated rings. The standard InChI is InChI=1S/C21H22FN3OS/c1-3-24(14-17-7-5-8-18(22)13-17)20(26)15-27-21-23-10-11-25(21)19-9-4-6-16(2)12-19/h4-13H,3,14-15H2,1-2H3. The van der Waals surface area contributed by atoms with Gasteiger partial charge in [-0.2, -0.15) is 0 Å². The van der Waals surface area contributed by atoms with Gasteiger partial charge in [0.25, 0.3) is 0 Å². The van der Waals surface area contributed by atoms with Crippen LogP contribution in [0.2, 0.25) is 0 Å². The molecule has 0 atom stereocenters. The van der Waals surface area contributed by atoms with E-state index < -0.39 is 0 Å². The number of carbonyl (C=O) groups excluding carboxylic acids is 1. The first-order valence-corrected chi connectivity index (χ1v) is 9.81. The molecule has 0 radical (unpaired) electrons. The molecule has 6 heteroatoms. The molecule has 27 heavy (non-hydrogen) atoms. The smallest absolute Gasteiger partial charge is 0.233 e. The maximum atomic E-state index is 13.4. The molecule has 0 bridgehead atoms. The first-order valence-electron chi connectivity index (χ1n) is 8.82. The van der Waals surface area contributed by atoms with Crippen molar-refractivity contribution in [1.29, 1.82) is 0 Å². The van der Waals surface area contributed by atoms with Crippen molar-refractivity contribution >= 4 is 17.7 Å². The van der Waals surface area contributed by atoms with Crippen molar-refractivity contribution in [3.05, 3.63) is 77.9 Å². The summed E-state index contributed by atoms with van der Waals surface area (Å²) < 4.78 is 15.4. The lowest BCUT2D eigenvalue weighted by molar-refractivity contribution is -0.128. The van der Waals surface area contributed by atoms with E-state index in [1.165, 1.54) is 29.5 Å². The van der Waals surface area contributed by atoms with E-state index >= 15 is 0 Å². The topological polar surface area (TPSA) is 38.1 Å². The second-order valence-corrected chi connectivity index (χ2v) is 7.19. The minimum Gasteiger partial charge on any atom is -0.338 e. The van der Waals surface area contributed by atoms with Gasteiger partial charge in [-0.25, -0.2) is 9.37 Å². The molecule has 0 saturated carbocycles. The summed E-state index contributed by atoms with van der Waals surface area (Å²) in [6, 6.07) is 14.5. The number of rotatable bonds is 7. The summed E-state index contributed by atoms with van der Waals surface area (Å²) in [5, 5.41) is 0.774. The van der Waals surface area contributed by atoms with Crippen LogP contribution >= 0.6 is 11.8 Å². The second kappa shape index (κ2) is 8.86. The van der Waals surface area contributed by atoms with Crippen molar-refractivity contribution < 1.29 is 9.18 Å². The van der Waals surface area contributed by atoms with E-state index in [4.69, 9.17) is 0 Å². The van der Waals surface area contributed by atoms with Crippen LogP contribution in [0.3, 0.4) is 0 Å². The minimum atomic E-state index is -0.287. The monoisotopic (exact) mass is 383 g/mol. The molecular formula is C21H22FN3OS. The Labute approximate surface area is 163 Å². The largest absolute Gasteiger partial charge is 0.338 e. The number of imidazole rings is 1. The lowest BCUT2D eigenvalue weighted by Crippen LogP contribution is -2.31. The summed E-state index contributed by atoms with van der Waals surface area (Å²) in [7, 11) is 0. The zero-order valence-corrected chi connectivity index (χ0v) is 16.2.